The van der Waals surface area contributed by atoms with Crippen LogP contribution >= 0.6 is 0 Å². The van der Waals surface area contributed by atoms with Gasteiger partial charge in [0.2, 0.25) is 0 Å². The van der Waals surface area contributed by atoms with Gasteiger partial charge in [-0.2, -0.15) is 0 Å². The van der Waals surface area contributed by atoms with Gasteiger partial charge in [0.1, 0.15) is 13.2 Å². The molecule has 0 aromatic heterocycles. The van der Waals surface area contributed by atoms with Crippen molar-refractivity contribution in [1.29, 1.82) is 0 Å². The molecule has 0 saturated carbocycles. The quantitative estimate of drug-likeness (QED) is 0.0262. The van der Waals surface area contributed by atoms with Gasteiger partial charge in [-0.3, -0.25) is 14.4 Å². The fraction of sp³-hybridized carbons (Fsp3) is 0.641. The molecule has 0 aliphatic heterocycles. The van der Waals surface area contributed by atoms with Gasteiger partial charge < -0.3 is 14.2 Å². The molecule has 0 N–H and O–H groups in total. The standard InChI is InChI=1S/C64H104O6/c1-4-7-10-13-16-19-22-25-27-28-29-30-31-32-33-34-35-36-38-39-42-45-48-51-54-57-63(66)69-60-61(59-68-62(65)56-53-50-47-44-41-24-21-18-15-12-9-6-3)70-64(67)58-55-52-49-46-43-40-37-26-23-20-17-14-11-8-5-2/h7-8,10-11,16-21,25-27,29-30,37,43,46,52,55,61H,4-6,9,12-15,22-24,28,31-36,38-42,44-45,47-51,53-54,56-60H2,1-3H3/b10-7-,11-8-,19-16-,20-17-,21-18-,27-25-,30-29-,37-26-,46-43-,55-52-. The van der Waals surface area contributed by atoms with Crippen molar-refractivity contribution in [3.05, 3.63) is 122 Å². The Hall–Kier alpha value is -4.19. The van der Waals surface area contributed by atoms with E-state index in [-0.39, 0.29) is 31.6 Å². The summed E-state index contributed by atoms with van der Waals surface area (Å²) in [6.45, 7) is 6.29. The van der Waals surface area contributed by atoms with Crippen LogP contribution in [0.15, 0.2) is 122 Å². The molecule has 1 unspecified atom stereocenters. The number of allylic oxidation sites excluding steroid dienone is 19. The molecule has 0 aromatic carbocycles. The van der Waals surface area contributed by atoms with Crippen LogP contribution in [-0.4, -0.2) is 37.2 Å². The lowest BCUT2D eigenvalue weighted by molar-refractivity contribution is -0.166. The highest BCUT2D eigenvalue weighted by Crippen LogP contribution is 2.15. The van der Waals surface area contributed by atoms with Crippen LogP contribution in [0.2, 0.25) is 0 Å². The molecule has 0 saturated heterocycles. The average Bonchev–Trinajstić information content (AvgIpc) is 3.36. The van der Waals surface area contributed by atoms with Crippen molar-refractivity contribution in [2.45, 2.75) is 252 Å². The number of carbonyl (C=O) groups is 3. The van der Waals surface area contributed by atoms with Gasteiger partial charge in [-0.05, 0) is 109 Å². The summed E-state index contributed by atoms with van der Waals surface area (Å²) in [6, 6.07) is 0. The third-order valence-electron chi connectivity index (χ3n) is 11.7. The molecule has 6 nitrogen and oxygen atoms in total. The third kappa shape index (κ3) is 54.7. The molecule has 70 heavy (non-hydrogen) atoms. The predicted octanol–water partition coefficient (Wildman–Crippen LogP) is 19.3. The van der Waals surface area contributed by atoms with E-state index in [2.05, 4.69) is 130 Å². The maximum Gasteiger partial charge on any atom is 0.310 e. The molecule has 0 spiro atoms. The van der Waals surface area contributed by atoms with Crippen molar-refractivity contribution in [2.75, 3.05) is 13.2 Å². The first-order chi connectivity index (χ1) is 34.5. The van der Waals surface area contributed by atoms with E-state index < -0.39 is 12.1 Å². The summed E-state index contributed by atoms with van der Waals surface area (Å²) in [7, 11) is 0. The third-order valence-corrected chi connectivity index (χ3v) is 11.7. The zero-order valence-electron chi connectivity index (χ0n) is 45.2. The number of esters is 3. The minimum Gasteiger partial charge on any atom is -0.462 e. The van der Waals surface area contributed by atoms with E-state index in [4.69, 9.17) is 14.2 Å². The van der Waals surface area contributed by atoms with E-state index in [1.54, 1.807) is 6.08 Å². The van der Waals surface area contributed by atoms with Crippen LogP contribution in [0.25, 0.3) is 0 Å². The Labute approximate surface area is 431 Å². The van der Waals surface area contributed by atoms with Crippen LogP contribution in [0.1, 0.15) is 245 Å². The Morgan fingerprint density at radius 2 is 0.600 bits per heavy atom. The maximum absolute atomic E-state index is 12.8. The second kappa shape index (κ2) is 57.4. The number of carbonyl (C=O) groups excluding carboxylic acids is 3. The van der Waals surface area contributed by atoms with E-state index in [9.17, 15) is 14.4 Å². The lowest BCUT2D eigenvalue weighted by Gasteiger charge is -2.18. The van der Waals surface area contributed by atoms with Crippen molar-refractivity contribution in [3.8, 4) is 0 Å². The molecule has 0 heterocycles. The minimum absolute atomic E-state index is 0.0916. The van der Waals surface area contributed by atoms with Gasteiger partial charge in [-0.1, -0.05) is 239 Å². The van der Waals surface area contributed by atoms with Gasteiger partial charge in [0.25, 0.3) is 0 Å². The van der Waals surface area contributed by atoms with E-state index in [1.165, 1.54) is 96.3 Å². The van der Waals surface area contributed by atoms with Gasteiger partial charge in [0.05, 0.1) is 6.42 Å². The molecule has 0 aromatic rings. The van der Waals surface area contributed by atoms with E-state index >= 15 is 0 Å². The first-order valence-electron chi connectivity index (χ1n) is 28.5. The van der Waals surface area contributed by atoms with Crippen LogP contribution in [0.4, 0.5) is 0 Å². The fourth-order valence-corrected chi connectivity index (χ4v) is 7.50. The number of hydrogen-bond acceptors (Lipinski definition) is 6. The largest absolute Gasteiger partial charge is 0.462 e. The molecule has 1 atom stereocenters. The minimum atomic E-state index is -0.839. The highest BCUT2D eigenvalue weighted by molar-refractivity contribution is 5.72. The summed E-state index contributed by atoms with van der Waals surface area (Å²) >= 11 is 0. The molecule has 0 aliphatic rings. The summed E-state index contributed by atoms with van der Waals surface area (Å²) in [4.78, 5) is 38.0. The lowest BCUT2D eigenvalue weighted by Crippen LogP contribution is -2.30. The number of unbranched alkanes of at least 4 members (excludes halogenated alkanes) is 20. The monoisotopic (exact) mass is 969 g/mol. The molecular weight excluding hydrogens is 865 g/mol. The summed E-state index contributed by atoms with van der Waals surface area (Å²) < 4.78 is 16.7. The smallest absolute Gasteiger partial charge is 0.310 e. The summed E-state index contributed by atoms with van der Waals surface area (Å²) in [5, 5.41) is 0. The SMILES string of the molecule is CC/C=C\C/C=C\C/C=C\C/C=C\C/C=C\CC(=O)OC(COC(=O)CCCCCCC/C=C\CCCCC)COC(=O)CCCCCCCCCCCCCC/C=C\C/C=C\C/C=C\C/C=C\CC. The van der Waals surface area contributed by atoms with Crippen LogP contribution in [-0.2, 0) is 28.6 Å². The molecule has 0 rings (SSSR count). The maximum atomic E-state index is 12.8. The van der Waals surface area contributed by atoms with Gasteiger partial charge >= 0.3 is 17.9 Å². The molecular formula is C64H104O6. The van der Waals surface area contributed by atoms with Crippen molar-refractivity contribution >= 4 is 17.9 Å². The average molecular weight is 970 g/mol. The number of ether oxygens (including phenoxy) is 3. The van der Waals surface area contributed by atoms with Crippen LogP contribution in [0, 0.1) is 0 Å². The topological polar surface area (TPSA) is 78.9 Å². The van der Waals surface area contributed by atoms with Gasteiger partial charge in [0.15, 0.2) is 6.10 Å². The summed E-state index contributed by atoms with van der Waals surface area (Å²) in [6.07, 6.45) is 79.4. The fourth-order valence-electron chi connectivity index (χ4n) is 7.50. The molecule has 0 bridgehead atoms. The molecule has 0 fully saturated rings. The normalized spacial score (nSPS) is 13.0. The van der Waals surface area contributed by atoms with Crippen molar-refractivity contribution in [2.24, 2.45) is 0 Å². The summed E-state index contributed by atoms with van der Waals surface area (Å²) in [5.41, 5.74) is 0. The van der Waals surface area contributed by atoms with E-state index in [1.807, 2.05) is 6.08 Å². The zero-order chi connectivity index (χ0) is 50.7. The van der Waals surface area contributed by atoms with E-state index in [0.29, 0.717) is 19.3 Å². The molecule has 396 valence electrons. The highest BCUT2D eigenvalue weighted by atomic mass is 16.6. The van der Waals surface area contributed by atoms with Gasteiger partial charge in [-0.25, -0.2) is 0 Å². The molecule has 6 heteroatoms. The highest BCUT2D eigenvalue weighted by Gasteiger charge is 2.19. The Bertz CT molecular complexity index is 1490. The number of hydrogen-bond donors (Lipinski definition) is 0. The Balaban J connectivity index is 4.38. The van der Waals surface area contributed by atoms with Crippen LogP contribution in [0.5, 0.6) is 0 Å². The lowest BCUT2D eigenvalue weighted by atomic mass is 10.0. The second-order valence-electron chi connectivity index (χ2n) is 18.4. The first-order valence-corrected chi connectivity index (χ1v) is 28.5. The Kier molecular flexibility index (Phi) is 54.0. The zero-order valence-corrected chi connectivity index (χ0v) is 45.2. The predicted molar refractivity (Wildman–Crippen MR) is 302 cm³/mol. The van der Waals surface area contributed by atoms with Crippen molar-refractivity contribution < 1.29 is 28.6 Å². The van der Waals surface area contributed by atoms with Gasteiger partial charge in [-0.15, -0.1) is 0 Å². The Morgan fingerprint density at radius 1 is 0.314 bits per heavy atom. The van der Waals surface area contributed by atoms with E-state index in [0.717, 1.165) is 103 Å². The Morgan fingerprint density at radius 3 is 0.957 bits per heavy atom. The second-order valence-corrected chi connectivity index (χ2v) is 18.4. The molecule has 0 amide bonds. The summed E-state index contributed by atoms with van der Waals surface area (Å²) in [5.74, 6) is -1.07. The number of rotatable bonds is 50. The van der Waals surface area contributed by atoms with Crippen LogP contribution < -0.4 is 0 Å². The van der Waals surface area contributed by atoms with Crippen LogP contribution in [0.3, 0.4) is 0 Å². The van der Waals surface area contributed by atoms with Gasteiger partial charge in [0, 0.05) is 12.8 Å². The molecule has 0 aliphatic carbocycles. The molecule has 0 radical (unpaired) electrons. The van der Waals surface area contributed by atoms with Crippen molar-refractivity contribution in [3.63, 3.8) is 0 Å². The van der Waals surface area contributed by atoms with Crippen molar-refractivity contribution in [1.82, 2.24) is 0 Å². The first kappa shape index (κ1) is 65.8.